The molecule has 0 aliphatic rings. The van der Waals surface area contributed by atoms with Gasteiger partial charge in [0.2, 0.25) is 0 Å². The van der Waals surface area contributed by atoms with Crippen LogP contribution in [0.1, 0.15) is 48.0 Å². The van der Waals surface area contributed by atoms with E-state index in [0.29, 0.717) is 19.6 Å². The highest BCUT2D eigenvalue weighted by atomic mass is 31.2. The standard InChI is InChI=1S/C14H32NO5P/c1-13(2,3)18-10-12(20-14(4,5)6)11-19-21(16,17)9-7-8-15/h12H,7-11,15H2,1-6H3,(H,16,17). The van der Waals surface area contributed by atoms with Crippen LogP contribution in [0, 0.1) is 0 Å². The average molecular weight is 325 g/mol. The zero-order chi connectivity index (χ0) is 16.7. The summed E-state index contributed by atoms with van der Waals surface area (Å²) in [5, 5.41) is 0. The predicted molar refractivity (Wildman–Crippen MR) is 84.6 cm³/mol. The maximum absolute atomic E-state index is 11.8. The molecule has 0 spiro atoms. The smallest absolute Gasteiger partial charge is 0.328 e. The third-order valence-electron chi connectivity index (χ3n) is 2.33. The van der Waals surface area contributed by atoms with Crippen LogP contribution in [0.25, 0.3) is 0 Å². The van der Waals surface area contributed by atoms with Crippen molar-refractivity contribution in [2.24, 2.45) is 5.73 Å². The summed E-state index contributed by atoms with van der Waals surface area (Å²) in [5.41, 5.74) is 4.65. The summed E-state index contributed by atoms with van der Waals surface area (Å²) in [6, 6.07) is 0. The molecule has 0 saturated carbocycles. The highest BCUT2D eigenvalue weighted by Gasteiger charge is 2.26. The zero-order valence-electron chi connectivity index (χ0n) is 14.2. The predicted octanol–water partition coefficient (Wildman–Crippen LogP) is 2.54. The molecular weight excluding hydrogens is 293 g/mol. The molecule has 0 amide bonds. The van der Waals surface area contributed by atoms with Gasteiger partial charge in [-0.05, 0) is 54.5 Å². The fraction of sp³-hybridized carbons (Fsp3) is 1.00. The maximum Gasteiger partial charge on any atom is 0.328 e. The van der Waals surface area contributed by atoms with Gasteiger partial charge in [0, 0.05) is 0 Å². The molecule has 128 valence electrons. The van der Waals surface area contributed by atoms with Crippen molar-refractivity contribution in [3.8, 4) is 0 Å². The SMILES string of the molecule is CC(C)(C)OCC(COP(=O)(O)CCCN)OC(C)(C)C. The van der Waals surface area contributed by atoms with Crippen LogP contribution >= 0.6 is 7.60 Å². The van der Waals surface area contributed by atoms with E-state index in [1.807, 2.05) is 41.5 Å². The molecule has 2 unspecified atom stereocenters. The third-order valence-corrected chi connectivity index (χ3v) is 3.76. The van der Waals surface area contributed by atoms with Gasteiger partial charge in [-0.15, -0.1) is 0 Å². The minimum atomic E-state index is -3.61. The molecule has 0 aromatic carbocycles. The summed E-state index contributed by atoms with van der Waals surface area (Å²) in [6.07, 6.45) is 0.116. The molecule has 0 aromatic heterocycles. The molecule has 0 radical (unpaired) electrons. The molecule has 0 rings (SSSR count). The lowest BCUT2D eigenvalue weighted by molar-refractivity contribution is -0.130. The molecule has 0 fully saturated rings. The molecule has 0 bridgehead atoms. The Labute approximate surface area is 128 Å². The number of rotatable bonds is 9. The van der Waals surface area contributed by atoms with Gasteiger partial charge < -0.3 is 24.6 Å². The van der Waals surface area contributed by atoms with Crippen molar-refractivity contribution < 1.29 is 23.5 Å². The van der Waals surface area contributed by atoms with Crippen LogP contribution in [0.4, 0.5) is 0 Å². The van der Waals surface area contributed by atoms with Gasteiger partial charge in [0.05, 0.1) is 30.6 Å². The highest BCUT2D eigenvalue weighted by Crippen LogP contribution is 2.42. The van der Waals surface area contributed by atoms with Gasteiger partial charge in [-0.1, -0.05) is 0 Å². The Morgan fingerprint density at radius 2 is 1.67 bits per heavy atom. The Morgan fingerprint density at radius 3 is 2.10 bits per heavy atom. The van der Waals surface area contributed by atoms with E-state index in [1.54, 1.807) is 0 Å². The van der Waals surface area contributed by atoms with E-state index in [9.17, 15) is 9.46 Å². The first kappa shape index (κ1) is 21.0. The van der Waals surface area contributed by atoms with Crippen LogP contribution in [-0.2, 0) is 18.6 Å². The minimum absolute atomic E-state index is 0.0195. The molecule has 0 aliphatic heterocycles. The Balaban J connectivity index is 4.49. The van der Waals surface area contributed by atoms with Crippen molar-refractivity contribution in [3.05, 3.63) is 0 Å². The van der Waals surface area contributed by atoms with Crippen LogP contribution in [0.5, 0.6) is 0 Å². The fourth-order valence-electron chi connectivity index (χ4n) is 1.51. The summed E-state index contributed by atoms with van der Waals surface area (Å²) >= 11 is 0. The third kappa shape index (κ3) is 13.4. The Bertz CT molecular complexity index is 335. The topological polar surface area (TPSA) is 91.0 Å². The molecule has 6 nitrogen and oxygen atoms in total. The van der Waals surface area contributed by atoms with E-state index >= 15 is 0 Å². The second-order valence-corrected chi connectivity index (χ2v) is 9.05. The van der Waals surface area contributed by atoms with Gasteiger partial charge in [-0.3, -0.25) is 4.57 Å². The van der Waals surface area contributed by atoms with Gasteiger partial charge in [-0.2, -0.15) is 0 Å². The van der Waals surface area contributed by atoms with Gasteiger partial charge in [0.1, 0.15) is 6.10 Å². The molecule has 21 heavy (non-hydrogen) atoms. The van der Waals surface area contributed by atoms with Crippen LogP contribution in [0.15, 0.2) is 0 Å². The van der Waals surface area contributed by atoms with Crippen LogP contribution in [-0.4, -0.2) is 48.1 Å². The lowest BCUT2D eigenvalue weighted by atomic mass is 10.1. The molecule has 0 aliphatic carbocycles. The summed E-state index contributed by atoms with van der Waals surface area (Å²) in [4.78, 5) is 9.70. The second kappa shape index (κ2) is 8.61. The van der Waals surface area contributed by atoms with Crippen molar-refractivity contribution in [1.29, 1.82) is 0 Å². The number of nitrogens with two attached hydrogens (primary N) is 1. The number of ether oxygens (including phenoxy) is 2. The van der Waals surface area contributed by atoms with Crippen molar-refractivity contribution in [2.75, 3.05) is 25.9 Å². The monoisotopic (exact) mass is 325 g/mol. The normalized spacial score (nSPS) is 17.5. The summed E-state index contributed by atoms with van der Waals surface area (Å²) < 4.78 is 28.5. The zero-order valence-corrected chi connectivity index (χ0v) is 15.1. The van der Waals surface area contributed by atoms with E-state index < -0.39 is 13.7 Å². The van der Waals surface area contributed by atoms with Gasteiger partial charge in [-0.25, -0.2) is 0 Å². The van der Waals surface area contributed by atoms with Crippen molar-refractivity contribution in [1.82, 2.24) is 0 Å². The highest BCUT2D eigenvalue weighted by molar-refractivity contribution is 7.52. The van der Waals surface area contributed by atoms with Gasteiger partial charge in [0.25, 0.3) is 0 Å². The molecule has 2 atom stereocenters. The van der Waals surface area contributed by atoms with Crippen molar-refractivity contribution >= 4 is 7.60 Å². The quantitative estimate of drug-likeness (QED) is 0.633. The van der Waals surface area contributed by atoms with Crippen molar-refractivity contribution in [3.63, 3.8) is 0 Å². The number of hydrogen-bond acceptors (Lipinski definition) is 5. The maximum atomic E-state index is 11.8. The summed E-state index contributed by atoms with van der Waals surface area (Å²) in [5.74, 6) is 0. The second-order valence-electron chi connectivity index (χ2n) is 7.07. The van der Waals surface area contributed by atoms with E-state index in [4.69, 9.17) is 19.7 Å². The first-order valence-electron chi connectivity index (χ1n) is 7.33. The minimum Gasteiger partial charge on any atom is -0.373 e. The Morgan fingerprint density at radius 1 is 1.10 bits per heavy atom. The van der Waals surface area contributed by atoms with E-state index in [2.05, 4.69) is 0 Å². The molecular formula is C14H32NO5P. The Kier molecular flexibility index (Phi) is 8.62. The molecule has 0 heterocycles. The molecule has 0 aromatic rings. The van der Waals surface area contributed by atoms with Gasteiger partial charge in [0.15, 0.2) is 0 Å². The van der Waals surface area contributed by atoms with Gasteiger partial charge >= 0.3 is 7.60 Å². The van der Waals surface area contributed by atoms with Crippen molar-refractivity contribution in [2.45, 2.75) is 65.3 Å². The van der Waals surface area contributed by atoms with Crippen LogP contribution in [0.2, 0.25) is 0 Å². The lowest BCUT2D eigenvalue weighted by Gasteiger charge is -2.30. The van der Waals surface area contributed by atoms with Crippen LogP contribution < -0.4 is 5.73 Å². The van der Waals surface area contributed by atoms with E-state index in [-0.39, 0.29) is 24.0 Å². The van der Waals surface area contributed by atoms with Crippen LogP contribution in [0.3, 0.4) is 0 Å². The molecule has 7 heteroatoms. The first-order chi connectivity index (χ1) is 9.35. The largest absolute Gasteiger partial charge is 0.373 e. The number of hydrogen-bond donors (Lipinski definition) is 2. The summed E-state index contributed by atoms with van der Waals surface area (Å²) in [6.45, 7) is 12.3. The lowest BCUT2D eigenvalue weighted by Crippen LogP contribution is -2.36. The molecule has 0 saturated heterocycles. The average Bonchev–Trinajstić information content (AvgIpc) is 2.28. The Hall–Kier alpha value is 0.0300. The fourth-order valence-corrected chi connectivity index (χ4v) is 2.62. The molecule has 3 N–H and O–H groups in total. The summed E-state index contributed by atoms with van der Waals surface area (Å²) in [7, 11) is -3.61. The first-order valence-corrected chi connectivity index (χ1v) is 9.09. The van der Waals surface area contributed by atoms with E-state index in [0.717, 1.165) is 0 Å². The van der Waals surface area contributed by atoms with E-state index in [1.165, 1.54) is 0 Å².